The maximum absolute atomic E-state index is 11.7. The number of carbonyl (C=O) groups is 1. The molecule has 90 valence electrons. The fourth-order valence-electron chi connectivity index (χ4n) is 2.01. The lowest BCUT2D eigenvalue weighted by molar-refractivity contribution is -0.117. The van der Waals surface area contributed by atoms with Crippen LogP contribution in [0, 0.1) is 0 Å². The van der Waals surface area contributed by atoms with Gasteiger partial charge in [-0.15, -0.1) is 0 Å². The normalized spacial score (nSPS) is 17.5. The quantitative estimate of drug-likeness (QED) is 0.870. The summed E-state index contributed by atoms with van der Waals surface area (Å²) in [6.45, 7) is 0. The van der Waals surface area contributed by atoms with Crippen molar-refractivity contribution in [1.82, 2.24) is 0 Å². The van der Waals surface area contributed by atoms with Crippen molar-refractivity contribution in [2.75, 3.05) is 7.11 Å². The molecule has 0 heterocycles. The van der Waals surface area contributed by atoms with Gasteiger partial charge in [-0.3, -0.25) is 4.79 Å². The summed E-state index contributed by atoms with van der Waals surface area (Å²) >= 11 is 0. The minimum Gasteiger partial charge on any atom is -0.497 e. The van der Waals surface area contributed by atoms with Crippen LogP contribution in [0.25, 0.3) is 0 Å². The van der Waals surface area contributed by atoms with Crippen molar-refractivity contribution < 1.29 is 14.6 Å². The number of benzene rings is 1. The van der Waals surface area contributed by atoms with E-state index >= 15 is 0 Å². The third-order valence-corrected chi connectivity index (χ3v) is 3.02. The van der Waals surface area contributed by atoms with Crippen LogP contribution < -0.4 is 4.74 Å². The molecule has 1 aromatic rings. The first-order valence-corrected chi connectivity index (χ1v) is 5.77. The summed E-state index contributed by atoms with van der Waals surface area (Å²) < 4.78 is 5.05. The first-order chi connectivity index (χ1) is 8.22. The lowest BCUT2D eigenvalue weighted by Gasteiger charge is -2.18. The van der Waals surface area contributed by atoms with Crippen molar-refractivity contribution in [3.05, 3.63) is 41.5 Å². The van der Waals surface area contributed by atoms with Crippen LogP contribution >= 0.6 is 0 Å². The minimum absolute atomic E-state index is 0.0552. The van der Waals surface area contributed by atoms with Crippen molar-refractivity contribution in [3.63, 3.8) is 0 Å². The molecule has 0 aromatic heterocycles. The van der Waals surface area contributed by atoms with Crippen LogP contribution in [0.15, 0.2) is 35.9 Å². The van der Waals surface area contributed by atoms with Crippen LogP contribution in [0.1, 0.15) is 30.9 Å². The van der Waals surface area contributed by atoms with E-state index in [2.05, 4.69) is 0 Å². The van der Waals surface area contributed by atoms with Gasteiger partial charge in [0.15, 0.2) is 5.78 Å². The van der Waals surface area contributed by atoms with Crippen molar-refractivity contribution >= 4 is 5.78 Å². The third kappa shape index (κ3) is 2.56. The second kappa shape index (κ2) is 5.15. The number of aliphatic hydroxyl groups excluding tert-OH is 1. The summed E-state index contributed by atoms with van der Waals surface area (Å²) in [6, 6.07) is 7.14. The highest BCUT2D eigenvalue weighted by molar-refractivity contribution is 5.97. The Bertz CT molecular complexity index is 431. The van der Waals surface area contributed by atoms with Crippen LogP contribution in [-0.4, -0.2) is 18.0 Å². The van der Waals surface area contributed by atoms with Gasteiger partial charge in [-0.25, -0.2) is 0 Å². The maximum Gasteiger partial charge on any atom is 0.161 e. The smallest absolute Gasteiger partial charge is 0.161 e. The molecule has 0 saturated heterocycles. The van der Waals surface area contributed by atoms with Crippen molar-refractivity contribution in [2.45, 2.75) is 25.4 Å². The molecular formula is C14H16O3. The Kier molecular flexibility index (Phi) is 3.59. The molecular weight excluding hydrogens is 216 g/mol. The third-order valence-electron chi connectivity index (χ3n) is 3.02. The largest absolute Gasteiger partial charge is 0.497 e. The van der Waals surface area contributed by atoms with Gasteiger partial charge in [-0.1, -0.05) is 18.2 Å². The van der Waals surface area contributed by atoms with E-state index < -0.39 is 6.10 Å². The zero-order valence-electron chi connectivity index (χ0n) is 9.85. The second-order valence-electron chi connectivity index (χ2n) is 4.15. The van der Waals surface area contributed by atoms with Crippen molar-refractivity contribution in [2.24, 2.45) is 0 Å². The summed E-state index contributed by atoms with van der Waals surface area (Å²) in [5, 5.41) is 10.1. The summed E-state index contributed by atoms with van der Waals surface area (Å²) in [4.78, 5) is 11.7. The number of ketones is 1. The Morgan fingerprint density at radius 1 is 1.29 bits per heavy atom. The minimum atomic E-state index is -0.811. The van der Waals surface area contributed by atoms with E-state index in [4.69, 9.17) is 4.74 Å². The molecule has 3 nitrogen and oxygen atoms in total. The Morgan fingerprint density at radius 2 is 2.00 bits per heavy atom. The average molecular weight is 232 g/mol. The number of ether oxygens (including phenoxy) is 1. The van der Waals surface area contributed by atoms with Gasteiger partial charge in [0, 0.05) is 12.0 Å². The van der Waals surface area contributed by atoms with Gasteiger partial charge in [0.2, 0.25) is 0 Å². The van der Waals surface area contributed by atoms with E-state index in [-0.39, 0.29) is 5.78 Å². The first-order valence-electron chi connectivity index (χ1n) is 5.77. The van der Waals surface area contributed by atoms with E-state index in [0.717, 1.165) is 24.2 Å². The van der Waals surface area contributed by atoms with Gasteiger partial charge in [-0.05, 0) is 30.5 Å². The summed E-state index contributed by atoms with van der Waals surface area (Å²) in [5.74, 6) is 0.796. The zero-order chi connectivity index (χ0) is 12.3. The average Bonchev–Trinajstić information content (AvgIpc) is 2.39. The zero-order valence-corrected chi connectivity index (χ0v) is 9.85. The van der Waals surface area contributed by atoms with E-state index in [1.54, 1.807) is 31.4 Å². The number of Topliss-reactive ketones (excluding diaryl/α,β-unsaturated/α-hetero) is 1. The van der Waals surface area contributed by atoms with Gasteiger partial charge >= 0.3 is 0 Å². The lowest BCUT2D eigenvalue weighted by Crippen LogP contribution is -2.14. The van der Waals surface area contributed by atoms with E-state index in [1.165, 1.54) is 0 Å². The monoisotopic (exact) mass is 232 g/mol. The van der Waals surface area contributed by atoms with Gasteiger partial charge < -0.3 is 9.84 Å². The number of methoxy groups -OCH3 is 1. The molecule has 1 aliphatic carbocycles. The molecule has 0 radical (unpaired) electrons. The number of allylic oxidation sites excluding steroid dienone is 1. The summed E-state index contributed by atoms with van der Waals surface area (Å²) in [7, 11) is 1.60. The maximum atomic E-state index is 11.7. The molecule has 0 spiro atoms. The molecule has 1 aliphatic rings. The highest BCUT2D eigenvalue weighted by Gasteiger charge is 2.22. The molecule has 0 aliphatic heterocycles. The molecule has 1 N–H and O–H groups in total. The van der Waals surface area contributed by atoms with E-state index in [9.17, 15) is 9.90 Å². The molecule has 2 rings (SSSR count). The highest BCUT2D eigenvalue weighted by Crippen LogP contribution is 2.28. The van der Waals surface area contributed by atoms with Crippen LogP contribution in [0.2, 0.25) is 0 Å². The van der Waals surface area contributed by atoms with Crippen LogP contribution in [-0.2, 0) is 4.79 Å². The number of aliphatic hydroxyl groups is 1. The second-order valence-corrected chi connectivity index (χ2v) is 4.15. The number of hydrogen-bond acceptors (Lipinski definition) is 3. The predicted molar refractivity (Wildman–Crippen MR) is 64.9 cm³/mol. The van der Waals surface area contributed by atoms with Crippen molar-refractivity contribution in [3.8, 4) is 5.75 Å². The number of carbonyl (C=O) groups excluding carboxylic acids is 1. The molecule has 0 saturated carbocycles. The van der Waals surface area contributed by atoms with Crippen LogP contribution in [0.5, 0.6) is 5.75 Å². The molecule has 1 atom stereocenters. The molecule has 0 bridgehead atoms. The predicted octanol–water partition coefficient (Wildman–Crippen LogP) is 2.41. The Hall–Kier alpha value is -1.61. The first kappa shape index (κ1) is 11.9. The topological polar surface area (TPSA) is 46.5 Å². The Labute approximate surface area is 101 Å². The molecule has 1 aromatic carbocycles. The Morgan fingerprint density at radius 3 is 2.59 bits per heavy atom. The van der Waals surface area contributed by atoms with E-state index in [0.29, 0.717) is 12.0 Å². The SMILES string of the molecule is COc1ccc([C@@H](O)C2=CCCCC2=O)cc1. The molecule has 3 heteroatoms. The summed E-state index contributed by atoms with van der Waals surface area (Å²) in [6.07, 6.45) is 3.33. The van der Waals surface area contributed by atoms with E-state index in [1.807, 2.05) is 6.08 Å². The van der Waals surface area contributed by atoms with Gasteiger partial charge in [-0.2, -0.15) is 0 Å². The molecule has 0 unspecified atom stereocenters. The fourth-order valence-corrected chi connectivity index (χ4v) is 2.01. The van der Waals surface area contributed by atoms with Gasteiger partial charge in [0.1, 0.15) is 11.9 Å². The van der Waals surface area contributed by atoms with Crippen LogP contribution in [0.4, 0.5) is 0 Å². The Balaban J connectivity index is 2.21. The van der Waals surface area contributed by atoms with Gasteiger partial charge in [0.25, 0.3) is 0 Å². The highest BCUT2D eigenvalue weighted by atomic mass is 16.5. The lowest BCUT2D eigenvalue weighted by atomic mass is 9.91. The van der Waals surface area contributed by atoms with Crippen LogP contribution in [0.3, 0.4) is 0 Å². The number of hydrogen-bond donors (Lipinski definition) is 1. The fraction of sp³-hybridized carbons (Fsp3) is 0.357. The summed E-state index contributed by atoms with van der Waals surface area (Å²) in [5.41, 5.74) is 1.26. The molecule has 0 amide bonds. The molecule has 0 fully saturated rings. The standard InChI is InChI=1S/C14H16O3/c1-17-11-8-6-10(7-9-11)14(16)12-4-2-3-5-13(12)15/h4,6-9,14,16H,2-3,5H2,1H3/t14-/m1/s1. The number of rotatable bonds is 3. The van der Waals surface area contributed by atoms with Crippen molar-refractivity contribution in [1.29, 1.82) is 0 Å². The molecule has 17 heavy (non-hydrogen) atoms. The van der Waals surface area contributed by atoms with Gasteiger partial charge in [0.05, 0.1) is 7.11 Å².